The summed E-state index contributed by atoms with van der Waals surface area (Å²) < 4.78 is 5.69. The Kier molecular flexibility index (Phi) is 3.34. The molecule has 2 heteroatoms. The number of aromatic nitrogens is 1. The first-order valence-electron chi connectivity index (χ1n) is 8.25. The first-order valence-corrected chi connectivity index (χ1v) is 8.25. The van der Waals surface area contributed by atoms with Crippen molar-refractivity contribution in [2.75, 3.05) is 7.11 Å². The molecule has 1 heterocycles. The SMILES string of the molecule is COc1ccc2c([nH]c3c(C)cccc32)c1-c1cc(C)cc(C)c1. The molecule has 120 valence electrons. The molecule has 0 aliphatic heterocycles. The van der Waals surface area contributed by atoms with Crippen LogP contribution in [0.25, 0.3) is 32.9 Å². The van der Waals surface area contributed by atoms with Gasteiger partial charge in [0.2, 0.25) is 0 Å². The summed E-state index contributed by atoms with van der Waals surface area (Å²) in [6.45, 7) is 6.42. The molecule has 1 aromatic heterocycles. The maximum Gasteiger partial charge on any atom is 0.128 e. The maximum absolute atomic E-state index is 5.69. The van der Waals surface area contributed by atoms with Gasteiger partial charge in [0, 0.05) is 21.9 Å². The Bertz CT molecular complexity index is 1050. The minimum absolute atomic E-state index is 0.900. The van der Waals surface area contributed by atoms with Crippen LogP contribution in [-0.2, 0) is 0 Å². The third-order valence-electron chi connectivity index (χ3n) is 4.71. The van der Waals surface area contributed by atoms with E-state index in [9.17, 15) is 0 Å². The van der Waals surface area contributed by atoms with Crippen LogP contribution in [0.1, 0.15) is 16.7 Å². The van der Waals surface area contributed by atoms with E-state index in [0.717, 1.165) is 16.8 Å². The van der Waals surface area contributed by atoms with Crippen LogP contribution in [-0.4, -0.2) is 12.1 Å². The van der Waals surface area contributed by atoms with E-state index in [1.807, 2.05) is 0 Å². The Balaban J connectivity index is 2.16. The van der Waals surface area contributed by atoms with Crippen molar-refractivity contribution in [3.05, 3.63) is 65.2 Å². The van der Waals surface area contributed by atoms with E-state index < -0.39 is 0 Å². The molecule has 0 atom stereocenters. The highest BCUT2D eigenvalue weighted by Crippen LogP contribution is 2.40. The van der Waals surface area contributed by atoms with Gasteiger partial charge < -0.3 is 9.72 Å². The van der Waals surface area contributed by atoms with Gasteiger partial charge >= 0.3 is 0 Å². The first-order chi connectivity index (χ1) is 11.6. The third-order valence-corrected chi connectivity index (χ3v) is 4.71. The molecule has 0 saturated heterocycles. The zero-order valence-corrected chi connectivity index (χ0v) is 14.5. The van der Waals surface area contributed by atoms with Gasteiger partial charge in [-0.15, -0.1) is 0 Å². The lowest BCUT2D eigenvalue weighted by Gasteiger charge is -2.12. The van der Waals surface area contributed by atoms with Crippen molar-refractivity contribution in [1.82, 2.24) is 4.98 Å². The van der Waals surface area contributed by atoms with Crippen LogP contribution in [0.3, 0.4) is 0 Å². The summed E-state index contributed by atoms with van der Waals surface area (Å²) in [6.07, 6.45) is 0. The molecular weight excluding hydrogens is 294 g/mol. The highest BCUT2D eigenvalue weighted by molar-refractivity contribution is 6.13. The molecular formula is C22H21NO. The molecule has 1 N–H and O–H groups in total. The molecule has 0 unspecified atom stereocenters. The fourth-order valence-corrected chi connectivity index (χ4v) is 3.70. The van der Waals surface area contributed by atoms with Crippen LogP contribution >= 0.6 is 0 Å². The number of ether oxygens (including phenoxy) is 1. The standard InChI is InChI=1S/C22H21NO/c1-13-10-14(2)12-16(11-13)20-19(24-4)9-8-18-17-7-5-6-15(3)21(17)23-22(18)20/h5-12,23H,1-4H3. The van der Waals surface area contributed by atoms with Crippen molar-refractivity contribution in [3.8, 4) is 16.9 Å². The molecule has 4 rings (SSSR count). The lowest BCUT2D eigenvalue weighted by molar-refractivity contribution is 0.417. The number of H-pyrrole nitrogens is 1. The number of aromatic amines is 1. The minimum Gasteiger partial charge on any atom is -0.496 e. The van der Waals surface area contributed by atoms with Crippen LogP contribution in [0.2, 0.25) is 0 Å². The molecule has 2 nitrogen and oxygen atoms in total. The monoisotopic (exact) mass is 315 g/mol. The molecule has 24 heavy (non-hydrogen) atoms. The number of nitrogens with one attached hydrogen (secondary N) is 1. The van der Waals surface area contributed by atoms with Crippen LogP contribution in [0.15, 0.2) is 48.5 Å². The van der Waals surface area contributed by atoms with Crippen molar-refractivity contribution in [2.45, 2.75) is 20.8 Å². The smallest absolute Gasteiger partial charge is 0.128 e. The Hall–Kier alpha value is -2.74. The lowest BCUT2D eigenvalue weighted by atomic mass is 9.97. The molecule has 0 aliphatic rings. The second-order valence-electron chi connectivity index (χ2n) is 6.56. The highest BCUT2D eigenvalue weighted by atomic mass is 16.5. The predicted molar refractivity (Wildman–Crippen MR) is 102 cm³/mol. The van der Waals surface area contributed by atoms with E-state index in [0.29, 0.717) is 0 Å². The second-order valence-corrected chi connectivity index (χ2v) is 6.56. The molecule has 0 amide bonds. The zero-order valence-electron chi connectivity index (χ0n) is 14.5. The topological polar surface area (TPSA) is 25.0 Å². The minimum atomic E-state index is 0.900. The largest absolute Gasteiger partial charge is 0.496 e. The Morgan fingerprint density at radius 3 is 2.21 bits per heavy atom. The summed E-state index contributed by atoms with van der Waals surface area (Å²) in [5.74, 6) is 0.900. The van der Waals surface area contributed by atoms with Crippen molar-refractivity contribution in [1.29, 1.82) is 0 Å². The van der Waals surface area contributed by atoms with Gasteiger partial charge in [-0.1, -0.05) is 47.5 Å². The van der Waals surface area contributed by atoms with E-state index >= 15 is 0 Å². The molecule has 0 spiro atoms. The summed E-state index contributed by atoms with van der Waals surface area (Å²) in [6, 6.07) is 17.3. The Morgan fingerprint density at radius 1 is 0.792 bits per heavy atom. The van der Waals surface area contributed by atoms with Gasteiger partial charge in [0.05, 0.1) is 12.6 Å². The zero-order chi connectivity index (χ0) is 16.8. The van der Waals surface area contributed by atoms with Crippen molar-refractivity contribution in [3.63, 3.8) is 0 Å². The van der Waals surface area contributed by atoms with Crippen molar-refractivity contribution >= 4 is 21.8 Å². The Morgan fingerprint density at radius 2 is 1.50 bits per heavy atom. The molecule has 4 aromatic rings. The summed E-state index contributed by atoms with van der Waals surface area (Å²) in [5.41, 5.74) is 8.45. The summed E-state index contributed by atoms with van der Waals surface area (Å²) in [4.78, 5) is 3.65. The number of fused-ring (bicyclic) bond motifs is 3. The van der Waals surface area contributed by atoms with Gasteiger partial charge in [0.25, 0.3) is 0 Å². The number of para-hydroxylation sites is 1. The summed E-state index contributed by atoms with van der Waals surface area (Å²) in [7, 11) is 1.74. The lowest BCUT2D eigenvalue weighted by Crippen LogP contribution is -1.91. The van der Waals surface area contributed by atoms with E-state index in [1.54, 1.807) is 7.11 Å². The molecule has 0 fully saturated rings. The number of hydrogen-bond donors (Lipinski definition) is 1. The fourth-order valence-electron chi connectivity index (χ4n) is 3.70. The number of hydrogen-bond acceptors (Lipinski definition) is 1. The average molecular weight is 315 g/mol. The van der Waals surface area contributed by atoms with Crippen molar-refractivity contribution in [2.24, 2.45) is 0 Å². The van der Waals surface area contributed by atoms with Crippen molar-refractivity contribution < 1.29 is 4.74 Å². The third kappa shape index (κ3) is 2.18. The maximum atomic E-state index is 5.69. The van der Waals surface area contributed by atoms with E-state index in [-0.39, 0.29) is 0 Å². The Labute approximate surface area is 142 Å². The second kappa shape index (κ2) is 5.41. The average Bonchev–Trinajstić information content (AvgIpc) is 2.93. The molecule has 3 aromatic carbocycles. The normalized spacial score (nSPS) is 11.3. The fraction of sp³-hybridized carbons (Fsp3) is 0.182. The first kappa shape index (κ1) is 14.8. The summed E-state index contributed by atoms with van der Waals surface area (Å²) >= 11 is 0. The van der Waals surface area contributed by atoms with Gasteiger partial charge in [0.15, 0.2) is 0 Å². The van der Waals surface area contributed by atoms with Crippen LogP contribution in [0, 0.1) is 20.8 Å². The predicted octanol–water partition coefficient (Wildman–Crippen LogP) is 5.92. The number of benzene rings is 3. The van der Waals surface area contributed by atoms with Crippen LogP contribution < -0.4 is 4.74 Å². The van der Waals surface area contributed by atoms with Crippen LogP contribution in [0.4, 0.5) is 0 Å². The number of aryl methyl sites for hydroxylation is 3. The molecule has 0 saturated carbocycles. The van der Waals surface area contributed by atoms with E-state index in [4.69, 9.17) is 4.74 Å². The highest BCUT2D eigenvalue weighted by Gasteiger charge is 2.16. The number of rotatable bonds is 2. The van der Waals surface area contributed by atoms with Crippen LogP contribution in [0.5, 0.6) is 5.75 Å². The van der Waals surface area contributed by atoms with Gasteiger partial charge in [0.1, 0.15) is 5.75 Å². The molecule has 0 aliphatic carbocycles. The quantitative estimate of drug-likeness (QED) is 0.488. The van der Waals surface area contributed by atoms with E-state index in [1.165, 1.54) is 38.5 Å². The van der Waals surface area contributed by atoms with Gasteiger partial charge in [-0.25, -0.2) is 0 Å². The van der Waals surface area contributed by atoms with Gasteiger partial charge in [-0.3, -0.25) is 0 Å². The van der Waals surface area contributed by atoms with E-state index in [2.05, 4.69) is 74.3 Å². The van der Waals surface area contributed by atoms with Gasteiger partial charge in [-0.05, 0) is 44.0 Å². The summed E-state index contributed by atoms with van der Waals surface area (Å²) in [5, 5.41) is 2.50. The van der Waals surface area contributed by atoms with Gasteiger partial charge in [-0.2, -0.15) is 0 Å². The molecule has 0 bridgehead atoms. The number of methoxy groups -OCH3 is 1. The molecule has 0 radical (unpaired) electrons.